The molecular formula is C23H24N10O2. The molecule has 4 aromatic heterocycles. The Kier molecular flexibility index (Phi) is 4.76. The van der Waals surface area contributed by atoms with Crippen LogP contribution in [-0.2, 0) is 0 Å². The van der Waals surface area contributed by atoms with Crippen molar-refractivity contribution in [3.05, 3.63) is 47.9 Å². The highest BCUT2D eigenvalue weighted by Crippen LogP contribution is 2.45. The summed E-state index contributed by atoms with van der Waals surface area (Å²) in [6.45, 7) is 1.49. The van der Waals surface area contributed by atoms with Crippen LogP contribution in [0.3, 0.4) is 0 Å². The molecule has 2 fully saturated rings. The second-order valence-electron chi connectivity index (χ2n) is 9.18. The zero-order valence-corrected chi connectivity index (χ0v) is 19.0. The Bertz CT molecular complexity index is 1430. The van der Waals surface area contributed by atoms with Gasteiger partial charge >= 0.3 is 0 Å². The number of ketones is 1. The number of carbonyl (C=O) groups excluding carboxylic acids is 2. The predicted octanol–water partition coefficient (Wildman–Crippen LogP) is 1.83. The molecule has 6 rings (SSSR count). The second-order valence-corrected chi connectivity index (χ2v) is 9.18. The molecule has 0 saturated carbocycles. The third-order valence-electron chi connectivity index (χ3n) is 7.13. The van der Waals surface area contributed by atoms with Crippen molar-refractivity contribution in [1.29, 1.82) is 0 Å². The fraction of sp³-hybridized carbons (Fsp3) is 0.348. The van der Waals surface area contributed by atoms with Gasteiger partial charge in [0.1, 0.15) is 18.0 Å². The van der Waals surface area contributed by atoms with E-state index in [9.17, 15) is 9.59 Å². The molecule has 0 spiro atoms. The highest BCUT2D eigenvalue weighted by atomic mass is 16.2. The Morgan fingerprint density at radius 2 is 1.89 bits per heavy atom. The lowest BCUT2D eigenvalue weighted by molar-refractivity contribution is 0.0556. The van der Waals surface area contributed by atoms with E-state index in [0.717, 1.165) is 24.0 Å². The van der Waals surface area contributed by atoms with Crippen molar-refractivity contribution in [3.8, 4) is 11.1 Å². The SMILES string of the molecule is CC(=O)c1c([C@H]2C[C@H]3CC[C@@H](C2)N3C(=O)c2nnc[nH]2)nc2c(-c3ccc(N)nc3)cnn2c1N. The van der Waals surface area contributed by atoms with Gasteiger partial charge in [0.25, 0.3) is 5.91 Å². The summed E-state index contributed by atoms with van der Waals surface area (Å²) in [5.41, 5.74) is 15.4. The zero-order valence-electron chi connectivity index (χ0n) is 19.0. The normalized spacial score (nSPS) is 21.5. The minimum absolute atomic E-state index is 0.0234. The number of pyridine rings is 1. The number of hydrogen-bond donors (Lipinski definition) is 3. The van der Waals surface area contributed by atoms with Gasteiger partial charge in [-0.15, -0.1) is 10.2 Å². The average molecular weight is 473 g/mol. The lowest BCUT2D eigenvalue weighted by atomic mass is 9.85. The number of Topliss-reactive ketones (excluding diaryl/α,β-unsaturated/α-hetero) is 1. The van der Waals surface area contributed by atoms with Crippen LogP contribution in [0.15, 0.2) is 30.9 Å². The van der Waals surface area contributed by atoms with E-state index in [-0.39, 0.29) is 41.3 Å². The molecule has 5 N–H and O–H groups in total. The van der Waals surface area contributed by atoms with Crippen LogP contribution < -0.4 is 11.5 Å². The topological polar surface area (TPSA) is 174 Å². The summed E-state index contributed by atoms with van der Waals surface area (Å²) in [7, 11) is 0. The lowest BCUT2D eigenvalue weighted by Gasteiger charge is -2.38. The maximum atomic E-state index is 13.0. The maximum Gasteiger partial charge on any atom is 0.292 e. The zero-order chi connectivity index (χ0) is 24.3. The number of aromatic amines is 1. The number of piperidine rings is 1. The van der Waals surface area contributed by atoms with Crippen LogP contribution in [0.25, 0.3) is 16.8 Å². The van der Waals surface area contributed by atoms with Crippen LogP contribution in [-0.4, -0.2) is 63.4 Å². The molecule has 12 nitrogen and oxygen atoms in total. The molecule has 12 heteroatoms. The molecule has 2 bridgehead atoms. The van der Waals surface area contributed by atoms with Crippen LogP contribution in [0.5, 0.6) is 0 Å². The van der Waals surface area contributed by atoms with Crippen LogP contribution >= 0.6 is 0 Å². The number of carbonyl (C=O) groups is 2. The lowest BCUT2D eigenvalue weighted by Crippen LogP contribution is -2.46. The van der Waals surface area contributed by atoms with E-state index in [2.05, 4.69) is 25.3 Å². The minimum Gasteiger partial charge on any atom is -0.384 e. The maximum absolute atomic E-state index is 13.0. The van der Waals surface area contributed by atoms with Crippen molar-refractivity contribution in [1.82, 2.24) is 39.7 Å². The third kappa shape index (κ3) is 3.32. The fourth-order valence-corrected chi connectivity index (χ4v) is 5.62. The first kappa shape index (κ1) is 21.2. The van der Waals surface area contributed by atoms with Crippen molar-refractivity contribution in [2.75, 3.05) is 11.5 Å². The van der Waals surface area contributed by atoms with Crippen LogP contribution in [0.4, 0.5) is 11.6 Å². The van der Waals surface area contributed by atoms with E-state index < -0.39 is 0 Å². The number of nitrogens with one attached hydrogen (secondary N) is 1. The van der Waals surface area contributed by atoms with Crippen molar-refractivity contribution < 1.29 is 9.59 Å². The molecule has 0 unspecified atom stereocenters. The van der Waals surface area contributed by atoms with Gasteiger partial charge in [0, 0.05) is 35.3 Å². The first-order valence-corrected chi connectivity index (χ1v) is 11.5. The standard InChI is InChI=1S/C23H24N10O2/c1-11(34)18-19(13-6-14-3-4-15(7-13)32(14)23(35)21-27-10-28-31-21)30-22-16(9-29-33(22)20(18)25)12-2-5-17(24)26-8-12/h2,5,8-10,13-15H,3-4,6-7,25H2,1H3,(H2,24,26)(H,27,28,31)/t13-,14+,15-. The van der Waals surface area contributed by atoms with Crippen molar-refractivity contribution in [2.45, 2.75) is 50.6 Å². The quantitative estimate of drug-likeness (QED) is 0.374. The number of hydrogen-bond acceptors (Lipinski definition) is 9. The van der Waals surface area contributed by atoms with E-state index >= 15 is 0 Å². The first-order chi connectivity index (χ1) is 16.9. The Balaban J connectivity index is 1.41. The summed E-state index contributed by atoms with van der Waals surface area (Å²) in [6, 6.07) is 3.62. The summed E-state index contributed by atoms with van der Waals surface area (Å²) < 4.78 is 1.50. The molecule has 2 aliphatic rings. The van der Waals surface area contributed by atoms with Crippen molar-refractivity contribution in [3.63, 3.8) is 0 Å². The van der Waals surface area contributed by atoms with Gasteiger partial charge in [0.15, 0.2) is 11.4 Å². The van der Waals surface area contributed by atoms with E-state index in [1.54, 1.807) is 18.5 Å². The molecule has 0 aromatic carbocycles. The van der Waals surface area contributed by atoms with Crippen molar-refractivity contribution >= 4 is 29.0 Å². The Morgan fingerprint density at radius 1 is 1.11 bits per heavy atom. The number of rotatable bonds is 4. The van der Waals surface area contributed by atoms with Crippen LogP contribution in [0.1, 0.15) is 65.2 Å². The molecule has 6 heterocycles. The molecule has 2 saturated heterocycles. The number of nitrogens with zero attached hydrogens (tertiary/aromatic N) is 7. The number of fused-ring (bicyclic) bond motifs is 3. The largest absolute Gasteiger partial charge is 0.384 e. The molecule has 4 aromatic rings. The minimum atomic E-state index is -0.161. The van der Waals surface area contributed by atoms with Gasteiger partial charge in [-0.25, -0.2) is 9.97 Å². The monoisotopic (exact) mass is 472 g/mol. The van der Waals surface area contributed by atoms with Gasteiger partial charge in [0.05, 0.1) is 17.5 Å². The van der Waals surface area contributed by atoms with E-state index in [1.807, 2.05) is 11.0 Å². The van der Waals surface area contributed by atoms with Crippen LogP contribution in [0.2, 0.25) is 0 Å². The fourth-order valence-electron chi connectivity index (χ4n) is 5.62. The number of aromatic nitrogens is 7. The summed E-state index contributed by atoms with van der Waals surface area (Å²) in [6.07, 6.45) is 7.89. The molecule has 1 amide bonds. The molecule has 0 aliphatic carbocycles. The third-order valence-corrected chi connectivity index (χ3v) is 7.13. The smallest absolute Gasteiger partial charge is 0.292 e. The molecule has 3 atom stereocenters. The second kappa shape index (κ2) is 7.86. The number of amides is 1. The Labute approximate surface area is 199 Å². The predicted molar refractivity (Wildman–Crippen MR) is 126 cm³/mol. The Morgan fingerprint density at radius 3 is 2.51 bits per heavy atom. The molecule has 178 valence electrons. The van der Waals surface area contributed by atoms with E-state index in [4.69, 9.17) is 16.5 Å². The first-order valence-electron chi connectivity index (χ1n) is 11.5. The van der Waals surface area contributed by atoms with Crippen LogP contribution in [0, 0.1) is 0 Å². The van der Waals surface area contributed by atoms with E-state index in [1.165, 1.54) is 17.8 Å². The highest BCUT2D eigenvalue weighted by Gasteiger charge is 2.45. The summed E-state index contributed by atoms with van der Waals surface area (Å²) in [5, 5.41) is 12.0. The van der Waals surface area contributed by atoms with Gasteiger partial charge < -0.3 is 21.4 Å². The van der Waals surface area contributed by atoms with Gasteiger partial charge in [-0.05, 0) is 44.7 Å². The summed E-state index contributed by atoms with van der Waals surface area (Å²) in [5.74, 6) is 0.598. The number of nitrogens with two attached hydrogens (primary N) is 2. The number of H-pyrrole nitrogens is 1. The highest BCUT2D eigenvalue weighted by molar-refractivity contribution is 6.00. The Hall–Kier alpha value is -4.35. The molecule has 35 heavy (non-hydrogen) atoms. The van der Waals surface area contributed by atoms with Crippen molar-refractivity contribution in [2.24, 2.45) is 0 Å². The van der Waals surface area contributed by atoms with Gasteiger partial charge in [-0.2, -0.15) is 9.61 Å². The molecular weight excluding hydrogens is 448 g/mol. The summed E-state index contributed by atoms with van der Waals surface area (Å²) >= 11 is 0. The van der Waals surface area contributed by atoms with Gasteiger partial charge in [-0.1, -0.05) is 0 Å². The molecule has 0 radical (unpaired) electrons. The number of nitrogen functional groups attached to an aromatic ring is 2. The van der Waals surface area contributed by atoms with E-state index in [0.29, 0.717) is 35.6 Å². The molecule has 2 aliphatic heterocycles. The summed E-state index contributed by atoms with van der Waals surface area (Å²) in [4.78, 5) is 39.6. The number of anilines is 2. The van der Waals surface area contributed by atoms with Gasteiger partial charge in [0.2, 0.25) is 5.82 Å². The average Bonchev–Trinajstić information content (AvgIpc) is 3.57. The van der Waals surface area contributed by atoms with Gasteiger partial charge in [-0.3, -0.25) is 9.59 Å².